The van der Waals surface area contributed by atoms with Gasteiger partial charge in [0.05, 0.1) is 12.5 Å². The highest BCUT2D eigenvalue weighted by atomic mass is 32.2. The van der Waals surface area contributed by atoms with Gasteiger partial charge in [0.15, 0.2) is 0 Å². The van der Waals surface area contributed by atoms with Gasteiger partial charge in [-0.05, 0) is 34.6 Å². The van der Waals surface area contributed by atoms with E-state index in [-0.39, 0.29) is 6.04 Å². The molecule has 6 nitrogen and oxygen atoms in total. The molecule has 1 aromatic rings. The normalized spacial score (nSPS) is 14.8. The predicted octanol–water partition coefficient (Wildman–Crippen LogP) is 1.44. The third-order valence-electron chi connectivity index (χ3n) is 2.96. The van der Waals surface area contributed by atoms with E-state index in [1.165, 1.54) is 6.26 Å². The second kappa shape index (κ2) is 6.24. The molecule has 20 heavy (non-hydrogen) atoms. The summed E-state index contributed by atoms with van der Waals surface area (Å²) in [6, 6.07) is 0.447. The van der Waals surface area contributed by atoms with Crippen molar-refractivity contribution in [3.63, 3.8) is 0 Å². The Morgan fingerprint density at radius 2 is 1.95 bits per heavy atom. The maximum atomic E-state index is 11.3. The van der Waals surface area contributed by atoms with E-state index < -0.39 is 15.6 Å². The smallest absolute Gasteiger partial charge is 0.209 e. The van der Waals surface area contributed by atoms with Gasteiger partial charge in [-0.1, -0.05) is 0 Å². The monoisotopic (exact) mass is 302 g/mol. The third kappa shape index (κ3) is 5.60. The molecule has 1 aromatic heterocycles. The molecule has 0 saturated carbocycles. The summed E-state index contributed by atoms with van der Waals surface area (Å²) in [5.74, 6) is 0. The van der Waals surface area contributed by atoms with E-state index in [2.05, 4.69) is 29.0 Å². The minimum Gasteiger partial charge on any atom is -0.308 e. The van der Waals surface area contributed by atoms with Crippen molar-refractivity contribution in [2.24, 2.45) is 0 Å². The molecule has 1 rings (SSSR count). The topological polar surface area (TPSA) is 76.0 Å². The average molecular weight is 302 g/mol. The van der Waals surface area contributed by atoms with Crippen LogP contribution in [-0.2, 0) is 10.0 Å². The zero-order valence-electron chi connectivity index (χ0n) is 13.1. The van der Waals surface area contributed by atoms with Crippen molar-refractivity contribution in [3.05, 3.63) is 18.0 Å². The second-order valence-electron chi connectivity index (χ2n) is 6.21. The molecule has 116 valence electrons. The first kappa shape index (κ1) is 17.1. The highest BCUT2D eigenvalue weighted by Crippen LogP contribution is 2.14. The van der Waals surface area contributed by atoms with Crippen LogP contribution < -0.4 is 10.0 Å². The quantitative estimate of drug-likeness (QED) is 0.799. The van der Waals surface area contributed by atoms with Crippen molar-refractivity contribution in [2.45, 2.75) is 52.2 Å². The van der Waals surface area contributed by atoms with Crippen LogP contribution in [0.15, 0.2) is 12.4 Å². The number of rotatable bonds is 7. The summed E-state index contributed by atoms with van der Waals surface area (Å²) < 4.78 is 27.1. The van der Waals surface area contributed by atoms with Gasteiger partial charge in [0.1, 0.15) is 0 Å². The van der Waals surface area contributed by atoms with E-state index >= 15 is 0 Å². The van der Waals surface area contributed by atoms with E-state index in [1.54, 1.807) is 0 Å². The van der Waals surface area contributed by atoms with E-state index in [4.69, 9.17) is 0 Å². The first-order valence-electron chi connectivity index (χ1n) is 6.76. The van der Waals surface area contributed by atoms with Crippen molar-refractivity contribution in [2.75, 3.05) is 12.8 Å². The Kier molecular flexibility index (Phi) is 5.34. The van der Waals surface area contributed by atoms with Crippen LogP contribution in [0.2, 0.25) is 0 Å². The zero-order chi connectivity index (χ0) is 15.6. The van der Waals surface area contributed by atoms with Gasteiger partial charge in [0.2, 0.25) is 10.0 Å². The van der Waals surface area contributed by atoms with Crippen molar-refractivity contribution in [3.8, 4) is 0 Å². The van der Waals surface area contributed by atoms with Gasteiger partial charge >= 0.3 is 0 Å². The van der Waals surface area contributed by atoms with Crippen molar-refractivity contribution >= 4 is 10.0 Å². The van der Waals surface area contributed by atoms with Gasteiger partial charge in [-0.15, -0.1) is 0 Å². The van der Waals surface area contributed by atoms with E-state index in [9.17, 15) is 8.42 Å². The summed E-state index contributed by atoms with van der Waals surface area (Å²) in [5, 5.41) is 7.64. The van der Waals surface area contributed by atoms with Crippen LogP contribution in [0.1, 0.15) is 52.3 Å². The molecule has 0 spiro atoms. The highest BCUT2D eigenvalue weighted by Gasteiger charge is 2.23. The third-order valence-corrected chi connectivity index (χ3v) is 3.89. The molecular weight excluding hydrogens is 276 g/mol. The van der Waals surface area contributed by atoms with E-state index in [1.807, 2.05) is 37.8 Å². The first-order valence-corrected chi connectivity index (χ1v) is 8.66. The lowest BCUT2D eigenvalue weighted by Crippen LogP contribution is -2.50. The van der Waals surface area contributed by atoms with Gasteiger partial charge in [-0.3, -0.25) is 4.68 Å². The first-order chi connectivity index (χ1) is 9.00. The lowest BCUT2D eigenvalue weighted by molar-refractivity contribution is 0.399. The molecule has 1 unspecified atom stereocenters. The summed E-state index contributed by atoms with van der Waals surface area (Å²) in [4.78, 5) is 0. The second-order valence-corrected chi connectivity index (χ2v) is 7.96. The van der Waals surface area contributed by atoms with Gasteiger partial charge in [0, 0.05) is 35.9 Å². The molecule has 0 aromatic carbocycles. The van der Waals surface area contributed by atoms with Crippen LogP contribution >= 0.6 is 0 Å². The minimum absolute atomic E-state index is 0.114. The standard InChI is InChI=1S/C13H26N4O2S/c1-10(2)17-8-12(7-15-17)11(3)14-9-13(4,5)16-20(6,18)19/h7-8,10-11,14,16H,9H2,1-6H3. The summed E-state index contributed by atoms with van der Waals surface area (Å²) in [6.45, 7) is 10.4. The molecule has 1 heterocycles. The van der Waals surface area contributed by atoms with Crippen LogP contribution in [0.25, 0.3) is 0 Å². The maximum absolute atomic E-state index is 11.3. The summed E-state index contributed by atoms with van der Waals surface area (Å²) in [7, 11) is -3.21. The zero-order valence-corrected chi connectivity index (χ0v) is 14.0. The largest absolute Gasteiger partial charge is 0.308 e. The molecule has 0 radical (unpaired) electrons. The Hall–Kier alpha value is -0.920. The number of aromatic nitrogens is 2. The molecule has 0 aliphatic carbocycles. The van der Waals surface area contributed by atoms with Crippen molar-refractivity contribution in [1.29, 1.82) is 0 Å². The number of sulfonamides is 1. The van der Waals surface area contributed by atoms with Crippen LogP contribution in [0.3, 0.4) is 0 Å². The van der Waals surface area contributed by atoms with Crippen molar-refractivity contribution in [1.82, 2.24) is 19.8 Å². The molecule has 0 saturated heterocycles. The molecule has 0 bridgehead atoms. The molecule has 0 fully saturated rings. The van der Waals surface area contributed by atoms with Crippen LogP contribution in [-0.4, -0.2) is 36.5 Å². The average Bonchev–Trinajstić information content (AvgIpc) is 2.71. The Morgan fingerprint density at radius 1 is 1.35 bits per heavy atom. The van der Waals surface area contributed by atoms with Crippen LogP contribution in [0.5, 0.6) is 0 Å². The molecule has 0 aliphatic heterocycles. The molecule has 0 amide bonds. The summed E-state index contributed by atoms with van der Waals surface area (Å²) in [5.41, 5.74) is 0.560. The Bertz CT molecular complexity index is 534. The van der Waals surface area contributed by atoms with Gasteiger partial charge in [-0.2, -0.15) is 5.10 Å². The summed E-state index contributed by atoms with van der Waals surface area (Å²) in [6.07, 6.45) is 5.03. The fourth-order valence-electron chi connectivity index (χ4n) is 1.92. The molecular formula is C13H26N4O2S. The molecule has 7 heteroatoms. The van der Waals surface area contributed by atoms with Crippen molar-refractivity contribution < 1.29 is 8.42 Å². The predicted molar refractivity (Wildman–Crippen MR) is 81.1 cm³/mol. The maximum Gasteiger partial charge on any atom is 0.209 e. The van der Waals surface area contributed by atoms with Crippen LogP contribution in [0, 0.1) is 0 Å². The van der Waals surface area contributed by atoms with Crippen LogP contribution in [0.4, 0.5) is 0 Å². The number of hydrogen-bond acceptors (Lipinski definition) is 4. The van der Waals surface area contributed by atoms with E-state index in [0.717, 1.165) is 5.56 Å². The summed E-state index contributed by atoms with van der Waals surface area (Å²) >= 11 is 0. The molecule has 0 aliphatic rings. The SMILES string of the molecule is CC(NCC(C)(C)NS(C)(=O)=O)c1cnn(C(C)C)c1. The number of nitrogens with one attached hydrogen (secondary N) is 2. The fraction of sp³-hybridized carbons (Fsp3) is 0.769. The van der Waals surface area contributed by atoms with E-state index in [0.29, 0.717) is 12.6 Å². The lowest BCUT2D eigenvalue weighted by Gasteiger charge is -2.27. The lowest BCUT2D eigenvalue weighted by atomic mass is 10.1. The van der Waals surface area contributed by atoms with Gasteiger partial charge in [-0.25, -0.2) is 13.1 Å². The molecule has 1 atom stereocenters. The Morgan fingerprint density at radius 3 is 2.40 bits per heavy atom. The fourth-order valence-corrected chi connectivity index (χ4v) is 3.00. The highest BCUT2D eigenvalue weighted by molar-refractivity contribution is 7.88. The molecule has 2 N–H and O–H groups in total. The van der Waals surface area contributed by atoms with Gasteiger partial charge < -0.3 is 5.32 Å². The Balaban J connectivity index is 2.60. The van der Waals surface area contributed by atoms with Gasteiger partial charge in [0.25, 0.3) is 0 Å². The number of hydrogen-bond donors (Lipinski definition) is 2. The minimum atomic E-state index is -3.21. The number of nitrogens with zero attached hydrogens (tertiary/aromatic N) is 2. The Labute approximate surface area is 122 Å².